The summed E-state index contributed by atoms with van der Waals surface area (Å²) in [5, 5.41) is 30.4. The second kappa shape index (κ2) is 16.5. The first-order valence-corrected chi connectivity index (χ1v) is 6.31. The molecule has 8 heteroatoms. The van der Waals surface area contributed by atoms with Gasteiger partial charge >= 0.3 is 65.1 Å². The molecule has 0 fully saturated rings. The minimum absolute atomic E-state index is 0. The molecule has 0 aromatic carbocycles. The van der Waals surface area contributed by atoms with Gasteiger partial charge in [-0.1, -0.05) is 31.9 Å². The van der Waals surface area contributed by atoms with Crippen molar-refractivity contribution in [2.45, 2.75) is 51.5 Å². The number of carboxylic acids is 2. The van der Waals surface area contributed by atoms with Crippen LogP contribution in [0.2, 0.25) is 0 Å². The fourth-order valence-electron chi connectivity index (χ4n) is 1.39. The molecule has 0 aliphatic carbocycles. The number of hydrogen-bond donors (Lipinski definition) is 1. The summed E-state index contributed by atoms with van der Waals surface area (Å²) < 4.78 is 0. The average Bonchev–Trinajstić information content (AvgIpc) is 2.33. The van der Waals surface area contributed by atoms with Crippen molar-refractivity contribution in [2.24, 2.45) is 4.99 Å². The molecule has 6 nitrogen and oxygen atoms in total. The molecule has 0 unspecified atom stereocenters. The van der Waals surface area contributed by atoms with Gasteiger partial charge in [-0.25, -0.2) is 4.79 Å². The molecule has 0 aliphatic heterocycles. The number of allylic oxidation sites excluding steroid dienone is 1. The van der Waals surface area contributed by atoms with Crippen LogP contribution in [-0.2, 0) is 9.59 Å². The Hall–Kier alpha value is 0.150. The number of carbonyl (C=O) groups is 2. The number of rotatable bonds is 10. The normalized spacial score (nSPS) is 12.3. The van der Waals surface area contributed by atoms with Gasteiger partial charge in [-0.3, -0.25) is 4.99 Å². The molecule has 0 heterocycles. The predicted molar refractivity (Wildman–Crippen MR) is 66.4 cm³/mol. The molecule has 0 aromatic rings. The molecule has 0 bridgehead atoms. The SMILES string of the molecule is CCCCC/C=C/C([O-])=N[C@@H](CCC(=O)[O-])C(=O)O.[Na+].[Na+]. The Morgan fingerprint density at radius 3 is 2.33 bits per heavy atom. The van der Waals surface area contributed by atoms with Crippen molar-refractivity contribution >= 4 is 17.8 Å². The topological polar surface area (TPSA) is 113 Å². The molecule has 0 saturated heterocycles. The van der Waals surface area contributed by atoms with Crippen molar-refractivity contribution in [2.75, 3.05) is 0 Å². The molecular weight excluding hydrogens is 296 g/mol. The van der Waals surface area contributed by atoms with Crippen LogP contribution >= 0.6 is 0 Å². The van der Waals surface area contributed by atoms with E-state index >= 15 is 0 Å². The summed E-state index contributed by atoms with van der Waals surface area (Å²) in [6, 6.07) is -1.33. The van der Waals surface area contributed by atoms with Gasteiger partial charge in [0.15, 0.2) is 0 Å². The predicted octanol–water partition coefficient (Wildman–Crippen LogP) is -6.13. The second-order valence-corrected chi connectivity index (χ2v) is 4.13. The molecular formula is C13H19NNa2O5. The number of hydrogen-bond acceptors (Lipinski definition) is 5. The van der Waals surface area contributed by atoms with Crippen LogP contribution in [0.15, 0.2) is 17.1 Å². The van der Waals surface area contributed by atoms with Crippen LogP contribution in [0.4, 0.5) is 0 Å². The molecule has 0 aliphatic rings. The van der Waals surface area contributed by atoms with Crippen LogP contribution in [-0.4, -0.2) is 29.0 Å². The Balaban J connectivity index is -0.00000162. The van der Waals surface area contributed by atoms with E-state index in [1.165, 1.54) is 6.08 Å². The van der Waals surface area contributed by atoms with Gasteiger partial charge in [0.2, 0.25) is 0 Å². The zero-order valence-electron chi connectivity index (χ0n) is 13.0. The minimum atomic E-state index is -1.36. The zero-order valence-corrected chi connectivity index (χ0v) is 17.0. The largest absolute Gasteiger partial charge is 1.00 e. The third kappa shape index (κ3) is 16.3. The van der Waals surface area contributed by atoms with Crippen LogP contribution in [0, 0.1) is 0 Å². The second-order valence-electron chi connectivity index (χ2n) is 4.13. The van der Waals surface area contributed by atoms with Crippen LogP contribution in [0.25, 0.3) is 0 Å². The van der Waals surface area contributed by atoms with Crippen LogP contribution in [0.1, 0.15) is 45.4 Å². The van der Waals surface area contributed by atoms with E-state index in [-0.39, 0.29) is 65.5 Å². The van der Waals surface area contributed by atoms with E-state index in [0.29, 0.717) is 0 Å². The molecule has 0 saturated carbocycles. The fraction of sp³-hybridized carbons (Fsp3) is 0.615. The summed E-state index contributed by atoms with van der Waals surface area (Å²) in [5.41, 5.74) is 0. The summed E-state index contributed by atoms with van der Waals surface area (Å²) in [7, 11) is 0. The van der Waals surface area contributed by atoms with Gasteiger partial charge < -0.3 is 20.1 Å². The first-order chi connectivity index (χ1) is 8.97. The Morgan fingerprint density at radius 2 is 1.86 bits per heavy atom. The van der Waals surface area contributed by atoms with E-state index in [1.807, 2.05) is 0 Å². The van der Waals surface area contributed by atoms with Crippen LogP contribution in [0.3, 0.4) is 0 Å². The molecule has 21 heavy (non-hydrogen) atoms. The summed E-state index contributed by atoms with van der Waals surface area (Å²) in [6.07, 6.45) is 6.06. The van der Waals surface area contributed by atoms with E-state index in [2.05, 4.69) is 11.9 Å². The molecule has 0 rings (SSSR count). The van der Waals surface area contributed by atoms with Gasteiger partial charge in [-0.05, 0) is 31.6 Å². The van der Waals surface area contributed by atoms with Gasteiger partial charge in [-0.15, -0.1) is 0 Å². The van der Waals surface area contributed by atoms with Gasteiger partial charge in [0.1, 0.15) is 6.04 Å². The Morgan fingerprint density at radius 1 is 1.24 bits per heavy atom. The number of aliphatic carboxylic acids is 2. The molecule has 0 radical (unpaired) electrons. The maximum atomic E-state index is 11.4. The molecule has 0 spiro atoms. The number of carbonyl (C=O) groups excluding carboxylic acids is 1. The third-order valence-corrected chi connectivity index (χ3v) is 2.42. The van der Waals surface area contributed by atoms with Crippen molar-refractivity contribution in [3.8, 4) is 0 Å². The van der Waals surface area contributed by atoms with E-state index < -0.39 is 30.3 Å². The van der Waals surface area contributed by atoms with Crippen LogP contribution < -0.4 is 69.3 Å². The first-order valence-electron chi connectivity index (χ1n) is 6.31. The monoisotopic (exact) mass is 315 g/mol. The maximum absolute atomic E-state index is 11.4. The zero-order chi connectivity index (χ0) is 14.7. The van der Waals surface area contributed by atoms with Crippen molar-refractivity contribution in [3.63, 3.8) is 0 Å². The molecule has 0 aromatic heterocycles. The third-order valence-electron chi connectivity index (χ3n) is 2.42. The fourth-order valence-corrected chi connectivity index (χ4v) is 1.39. The maximum Gasteiger partial charge on any atom is 1.00 e. The number of unbranched alkanes of at least 4 members (excludes halogenated alkanes) is 3. The van der Waals surface area contributed by atoms with Gasteiger partial charge in [-0.2, -0.15) is 0 Å². The van der Waals surface area contributed by atoms with Gasteiger partial charge in [0, 0.05) is 5.97 Å². The quantitative estimate of drug-likeness (QED) is 0.187. The molecule has 1 atom stereocenters. The number of nitrogens with zero attached hydrogens (tertiary/aromatic N) is 1. The molecule has 0 amide bonds. The van der Waals surface area contributed by atoms with Crippen molar-refractivity contribution in [1.82, 2.24) is 0 Å². The number of carboxylic acid groups (broad SMARTS) is 2. The molecule has 108 valence electrons. The minimum Gasteiger partial charge on any atom is -0.859 e. The van der Waals surface area contributed by atoms with Crippen molar-refractivity contribution < 1.29 is 84.0 Å². The van der Waals surface area contributed by atoms with Crippen LogP contribution in [0.5, 0.6) is 0 Å². The Bertz CT molecular complexity index is 358. The van der Waals surface area contributed by atoms with Crippen molar-refractivity contribution in [1.29, 1.82) is 0 Å². The van der Waals surface area contributed by atoms with E-state index in [1.54, 1.807) is 6.08 Å². The number of aliphatic imine (C=N–C) groups is 1. The van der Waals surface area contributed by atoms with Gasteiger partial charge in [0.05, 0.1) is 0 Å². The van der Waals surface area contributed by atoms with E-state index in [4.69, 9.17) is 5.11 Å². The molecule has 1 N–H and O–H groups in total. The average molecular weight is 315 g/mol. The van der Waals surface area contributed by atoms with E-state index in [0.717, 1.165) is 25.7 Å². The summed E-state index contributed by atoms with van der Waals surface area (Å²) in [6.45, 7) is 2.07. The van der Waals surface area contributed by atoms with Crippen molar-refractivity contribution in [3.05, 3.63) is 12.2 Å². The Kier molecular flexibility index (Phi) is 20.5. The summed E-state index contributed by atoms with van der Waals surface area (Å²) in [4.78, 5) is 24.5. The van der Waals surface area contributed by atoms with E-state index in [9.17, 15) is 19.8 Å². The standard InChI is InChI=1S/C13H21NO5.2Na/c1-2-3-4-5-6-7-11(15)14-10(13(18)19)8-9-12(16)17;;/h6-7,10H,2-5,8-9H2,1H3,(H,14,15)(H,16,17)(H,18,19);;/q;2*+1/p-2/b7-6+;;/t10-;;/m0../s1. The summed E-state index contributed by atoms with van der Waals surface area (Å²) >= 11 is 0. The Labute approximate surface area is 169 Å². The first kappa shape index (κ1) is 26.1. The smallest absolute Gasteiger partial charge is 0.859 e. The van der Waals surface area contributed by atoms with Gasteiger partial charge in [0.25, 0.3) is 0 Å². The summed E-state index contributed by atoms with van der Waals surface area (Å²) in [5.74, 6) is -3.32.